The van der Waals surface area contributed by atoms with E-state index in [1.54, 1.807) is 18.2 Å². The van der Waals surface area contributed by atoms with Gasteiger partial charge in [-0.25, -0.2) is 9.78 Å². The Bertz CT molecular complexity index is 596. The van der Waals surface area contributed by atoms with Crippen LogP contribution in [0.25, 0.3) is 11.3 Å². The third-order valence-electron chi connectivity index (χ3n) is 2.57. The molecule has 0 fully saturated rings. The van der Waals surface area contributed by atoms with Gasteiger partial charge in [-0.15, -0.1) is 0 Å². The van der Waals surface area contributed by atoms with E-state index in [0.717, 1.165) is 5.56 Å². The van der Waals surface area contributed by atoms with E-state index in [9.17, 15) is 4.79 Å². The van der Waals surface area contributed by atoms with Crippen molar-refractivity contribution in [1.29, 1.82) is 0 Å². The minimum absolute atomic E-state index is 0.201. The molecule has 98 valence electrons. The number of hydrogen-bond acceptors (Lipinski definition) is 4. The standard InChI is InChI=1S/C14H12ClNO3/c1-18-11-7-12(9-3-5-10(15)6-4-9)16-13(8-11)14(17)19-2/h3-8H,1-2H3. The fraction of sp³-hybridized carbons (Fsp3) is 0.143. The lowest BCUT2D eigenvalue weighted by molar-refractivity contribution is 0.0593. The van der Waals surface area contributed by atoms with Gasteiger partial charge in [-0.05, 0) is 12.1 Å². The van der Waals surface area contributed by atoms with Gasteiger partial charge in [-0.2, -0.15) is 0 Å². The SMILES string of the molecule is COC(=O)c1cc(OC)cc(-c2ccc(Cl)cc2)n1. The van der Waals surface area contributed by atoms with Crippen molar-refractivity contribution in [2.24, 2.45) is 0 Å². The molecular weight excluding hydrogens is 266 g/mol. The molecule has 0 aliphatic carbocycles. The van der Waals surface area contributed by atoms with Crippen LogP contribution in [-0.2, 0) is 4.74 Å². The summed E-state index contributed by atoms with van der Waals surface area (Å²) in [5, 5.41) is 0.639. The molecule has 0 aliphatic heterocycles. The molecule has 5 heteroatoms. The number of pyridine rings is 1. The largest absolute Gasteiger partial charge is 0.497 e. The summed E-state index contributed by atoms with van der Waals surface area (Å²) in [6.07, 6.45) is 0. The summed E-state index contributed by atoms with van der Waals surface area (Å²) in [5.74, 6) is 0.0365. The zero-order chi connectivity index (χ0) is 13.8. The van der Waals surface area contributed by atoms with Crippen LogP contribution in [0.1, 0.15) is 10.5 Å². The average molecular weight is 278 g/mol. The van der Waals surface area contributed by atoms with Crippen molar-refractivity contribution in [3.63, 3.8) is 0 Å². The van der Waals surface area contributed by atoms with Crippen LogP contribution in [0.4, 0.5) is 0 Å². The Morgan fingerprint density at radius 3 is 2.42 bits per heavy atom. The van der Waals surface area contributed by atoms with Crippen LogP contribution in [0.3, 0.4) is 0 Å². The molecule has 2 rings (SSSR count). The molecule has 0 bridgehead atoms. The second-order valence-corrected chi connectivity index (χ2v) is 4.21. The summed E-state index contributed by atoms with van der Waals surface area (Å²) in [7, 11) is 2.84. The number of benzene rings is 1. The number of nitrogens with zero attached hydrogens (tertiary/aromatic N) is 1. The summed E-state index contributed by atoms with van der Waals surface area (Å²) < 4.78 is 9.83. The highest BCUT2D eigenvalue weighted by Crippen LogP contribution is 2.24. The molecule has 0 radical (unpaired) electrons. The topological polar surface area (TPSA) is 48.4 Å². The minimum atomic E-state index is -0.505. The summed E-state index contributed by atoms with van der Waals surface area (Å²) in [6, 6.07) is 10.4. The fourth-order valence-electron chi connectivity index (χ4n) is 1.60. The molecule has 19 heavy (non-hydrogen) atoms. The van der Waals surface area contributed by atoms with Crippen molar-refractivity contribution in [1.82, 2.24) is 4.98 Å². The fourth-order valence-corrected chi connectivity index (χ4v) is 1.73. The molecule has 0 unspecified atom stereocenters. The highest BCUT2D eigenvalue weighted by molar-refractivity contribution is 6.30. The zero-order valence-corrected chi connectivity index (χ0v) is 11.3. The van der Waals surface area contributed by atoms with E-state index in [0.29, 0.717) is 16.5 Å². The molecule has 0 amide bonds. The summed E-state index contributed by atoms with van der Waals surface area (Å²) in [5.41, 5.74) is 1.66. The molecule has 1 aromatic carbocycles. The lowest BCUT2D eigenvalue weighted by Gasteiger charge is -2.07. The van der Waals surface area contributed by atoms with Crippen LogP contribution in [0, 0.1) is 0 Å². The van der Waals surface area contributed by atoms with Crippen molar-refractivity contribution < 1.29 is 14.3 Å². The monoisotopic (exact) mass is 277 g/mol. The first-order chi connectivity index (χ1) is 9.13. The molecule has 0 N–H and O–H groups in total. The maximum absolute atomic E-state index is 11.6. The van der Waals surface area contributed by atoms with Gasteiger partial charge < -0.3 is 9.47 Å². The second kappa shape index (κ2) is 5.71. The number of halogens is 1. The Morgan fingerprint density at radius 2 is 1.84 bits per heavy atom. The van der Waals surface area contributed by atoms with E-state index in [1.165, 1.54) is 20.3 Å². The number of aromatic nitrogens is 1. The minimum Gasteiger partial charge on any atom is -0.497 e. The lowest BCUT2D eigenvalue weighted by Crippen LogP contribution is -2.05. The first-order valence-electron chi connectivity index (χ1n) is 5.54. The van der Waals surface area contributed by atoms with Crippen LogP contribution in [-0.4, -0.2) is 25.2 Å². The van der Waals surface area contributed by atoms with Gasteiger partial charge in [0.15, 0.2) is 5.69 Å². The highest BCUT2D eigenvalue weighted by atomic mass is 35.5. The molecule has 0 aliphatic rings. The van der Waals surface area contributed by atoms with Gasteiger partial charge in [0.1, 0.15) is 5.75 Å². The Labute approximate surface area is 115 Å². The van der Waals surface area contributed by atoms with E-state index < -0.39 is 5.97 Å². The first kappa shape index (κ1) is 13.4. The van der Waals surface area contributed by atoms with E-state index in [1.807, 2.05) is 12.1 Å². The molecule has 0 saturated heterocycles. The van der Waals surface area contributed by atoms with Crippen molar-refractivity contribution >= 4 is 17.6 Å². The molecule has 2 aromatic rings. The molecule has 0 saturated carbocycles. The van der Waals surface area contributed by atoms with Crippen molar-refractivity contribution in [3.8, 4) is 17.0 Å². The van der Waals surface area contributed by atoms with Crippen molar-refractivity contribution in [3.05, 3.63) is 47.1 Å². The predicted octanol–water partition coefficient (Wildman–Crippen LogP) is 3.20. The Balaban J connectivity index is 2.50. The summed E-state index contributed by atoms with van der Waals surface area (Å²) in [6.45, 7) is 0. The first-order valence-corrected chi connectivity index (χ1v) is 5.92. The van der Waals surface area contributed by atoms with Crippen LogP contribution in [0.15, 0.2) is 36.4 Å². The number of ether oxygens (including phenoxy) is 2. The van der Waals surface area contributed by atoms with E-state index in [2.05, 4.69) is 9.72 Å². The number of esters is 1. The molecule has 0 spiro atoms. The quantitative estimate of drug-likeness (QED) is 0.809. The lowest BCUT2D eigenvalue weighted by atomic mass is 10.1. The van der Waals surface area contributed by atoms with Crippen LogP contribution >= 0.6 is 11.6 Å². The number of methoxy groups -OCH3 is 2. The third kappa shape index (κ3) is 3.03. The van der Waals surface area contributed by atoms with E-state index in [4.69, 9.17) is 16.3 Å². The van der Waals surface area contributed by atoms with Crippen LogP contribution < -0.4 is 4.74 Å². The van der Waals surface area contributed by atoms with Gasteiger partial charge >= 0.3 is 5.97 Å². The predicted molar refractivity (Wildman–Crippen MR) is 72.6 cm³/mol. The normalized spacial score (nSPS) is 10.1. The van der Waals surface area contributed by atoms with Crippen LogP contribution in [0.5, 0.6) is 5.75 Å². The number of carbonyl (C=O) groups is 1. The Hall–Kier alpha value is -2.07. The van der Waals surface area contributed by atoms with Gasteiger partial charge in [0.25, 0.3) is 0 Å². The van der Waals surface area contributed by atoms with Gasteiger partial charge in [-0.3, -0.25) is 0 Å². The summed E-state index contributed by atoms with van der Waals surface area (Å²) in [4.78, 5) is 15.8. The van der Waals surface area contributed by atoms with Crippen molar-refractivity contribution in [2.75, 3.05) is 14.2 Å². The molecule has 1 heterocycles. The number of carbonyl (C=O) groups excluding carboxylic acids is 1. The summed E-state index contributed by atoms with van der Waals surface area (Å²) >= 11 is 5.84. The van der Waals surface area contributed by atoms with Gasteiger partial charge in [0.2, 0.25) is 0 Å². The van der Waals surface area contributed by atoms with Gasteiger partial charge in [-0.1, -0.05) is 23.7 Å². The number of rotatable bonds is 3. The Kier molecular flexibility index (Phi) is 4.02. The number of hydrogen-bond donors (Lipinski definition) is 0. The third-order valence-corrected chi connectivity index (χ3v) is 2.82. The maximum atomic E-state index is 11.6. The molecule has 0 atom stereocenters. The van der Waals surface area contributed by atoms with Crippen molar-refractivity contribution in [2.45, 2.75) is 0 Å². The Morgan fingerprint density at radius 1 is 1.16 bits per heavy atom. The van der Waals surface area contributed by atoms with Crippen LogP contribution in [0.2, 0.25) is 5.02 Å². The molecular formula is C14H12ClNO3. The molecule has 1 aromatic heterocycles. The highest BCUT2D eigenvalue weighted by Gasteiger charge is 2.12. The van der Waals surface area contributed by atoms with Gasteiger partial charge in [0, 0.05) is 22.7 Å². The second-order valence-electron chi connectivity index (χ2n) is 3.78. The molecule has 4 nitrogen and oxygen atoms in total. The van der Waals surface area contributed by atoms with Gasteiger partial charge in [0.05, 0.1) is 19.9 Å². The smallest absolute Gasteiger partial charge is 0.356 e. The van der Waals surface area contributed by atoms with E-state index in [-0.39, 0.29) is 5.69 Å². The van der Waals surface area contributed by atoms with E-state index >= 15 is 0 Å². The maximum Gasteiger partial charge on any atom is 0.356 e. The zero-order valence-electron chi connectivity index (χ0n) is 10.5. The average Bonchev–Trinajstić information content (AvgIpc) is 2.46.